The Morgan fingerprint density at radius 2 is 2.09 bits per heavy atom. The van der Waals surface area contributed by atoms with Crippen molar-refractivity contribution in [3.8, 4) is 0 Å². The van der Waals surface area contributed by atoms with E-state index in [4.69, 9.17) is 4.52 Å². The van der Waals surface area contributed by atoms with Gasteiger partial charge in [-0.05, 0) is 26.2 Å². The summed E-state index contributed by atoms with van der Waals surface area (Å²) in [6.45, 7) is 7.43. The molecule has 0 radical (unpaired) electrons. The van der Waals surface area contributed by atoms with Crippen LogP contribution in [0.3, 0.4) is 0 Å². The number of H-pyrrole nitrogens is 1. The fraction of sp³-hybridized carbons (Fsp3) is 0.467. The molecule has 2 aromatic heterocycles. The van der Waals surface area contributed by atoms with Crippen LogP contribution in [0.25, 0.3) is 0 Å². The van der Waals surface area contributed by atoms with Gasteiger partial charge in [-0.25, -0.2) is 4.79 Å². The van der Waals surface area contributed by atoms with Crippen LogP contribution in [0.15, 0.2) is 10.6 Å². The predicted molar refractivity (Wildman–Crippen MR) is 80.9 cm³/mol. The van der Waals surface area contributed by atoms with Crippen LogP contribution >= 0.6 is 0 Å². The zero-order valence-corrected chi connectivity index (χ0v) is 13.5. The first kappa shape index (κ1) is 16.7. The quantitative estimate of drug-likeness (QED) is 0.746. The number of hydrogen-bond donors (Lipinski definition) is 3. The van der Waals surface area contributed by atoms with Crippen LogP contribution in [0.4, 0.5) is 0 Å². The molecule has 2 rings (SSSR count). The number of carbonyl (C=O) groups is 2. The lowest BCUT2D eigenvalue weighted by Crippen LogP contribution is -2.34. The number of carbonyl (C=O) groups excluding carboxylic acids is 1. The molecule has 23 heavy (non-hydrogen) atoms. The normalized spacial score (nSPS) is 12.4. The molecule has 0 aliphatic rings. The summed E-state index contributed by atoms with van der Waals surface area (Å²) >= 11 is 0. The summed E-state index contributed by atoms with van der Waals surface area (Å²) in [4.78, 5) is 23.8. The maximum absolute atomic E-state index is 12.2. The molecule has 0 fully saturated rings. The second-order valence-electron chi connectivity index (χ2n) is 5.87. The summed E-state index contributed by atoms with van der Waals surface area (Å²) in [6.07, 6.45) is 0.680. The molecule has 1 unspecified atom stereocenters. The van der Waals surface area contributed by atoms with Crippen LogP contribution in [0.1, 0.15) is 53.1 Å². The second-order valence-corrected chi connectivity index (χ2v) is 5.87. The van der Waals surface area contributed by atoms with Crippen molar-refractivity contribution in [3.63, 3.8) is 0 Å². The number of carboxylic acid groups (broad SMARTS) is 1. The van der Waals surface area contributed by atoms with E-state index in [0.29, 0.717) is 35.0 Å². The lowest BCUT2D eigenvalue weighted by Gasteiger charge is -2.13. The fourth-order valence-electron chi connectivity index (χ4n) is 2.38. The van der Waals surface area contributed by atoms with Crippen molar-refractivity contribution < 1.29 is 19.2 Å². The Labute approximate surface area is 133 Å². The van der Waals surface area contributed by atoms with Crippen LogP contribution in [0, 0.1) is 19.8 Å². The van der Waals surface area contributed by atoms with Gasteiger partial charge in [-0.1, -0.05) is 19.0 Å². The molecular formula is C15H20N4O4. The maximum atomic E-state index is 12.2. The van der Waals surface area contributed by atoms with Gasteiger partial charge in [0.15, 0.2) is 6.04 Å². The minimum Gasteiger partial charge on any atom is -0.479 e. The standard InChI is InChI=1S/C15H20N4O4/c1-7(2)5-10-6-11(23-19-10)14(20)16-13(15(21)22)12-8(3)17-18-9(12)4/h6-7,13H,5H2,1-4H3,(H,16,20)(H,17,18)(H,21,22). The largest absolute Gasteiger partial charge is 0.479 e. The first-order valence-electron chi connectivity index (χ1n) is 7.30. The minimum absolute atomic E-state index is 0.00861. The third-order valence-electron chi connectivity index (χ3n) is 3.40. The minimum atomic E-state index is -1.21. The van der Waals surface area contributed by atoms with E-state index in [1.807, 2.05) is 13.8 Å². The molecule has 2 heterocycles. The van der Waals surface area contributed by atoms with E-state index < -0.39 is 17.9 Å². The third-order valence-corrected chi connectivity index (χ3v) is 3.40. The molecular weight excluding hydrogens is 300 g/mol. The molecule has 3 N–H and O–H groups in total. The van der Waals surface area contributed by atoms with Gasteiger partial charge in [0.1, 0.15) is 0 Å². The molecule has 0 saturated carbocycles. The van der Waals surface area contributed by atoms with Gasteiger partial charge in [0, 0.05) is 17.3 Å². The van der Waals surface area contributed by atoms with Crippen molar-refractivity contribution >= 4 is 11.9 Å². The van der Waals surface area contributed by atoms with Crippen LogP contribution in [0.2, 0.25) is 0 Å². The van der Waals surface area contributed by atoms with Crippen molar-refractivity contribution in [2.45, 2.75) is 40.2 Å². The summed E-state index contributed by atoms with van der Waals surface area (Å²) in [5, 5.41) is 22.4. The summed E-state index contributed by atoms with van der Waals surface area (Å²) < 4.78 is 5.01. The second kappa shape index (κ2) is 6.64. The van der Waals surface area contributed by atoms with E-state index >= 15 is 0 Å². The Balaban J connectivity index is 2.19. The number of aromatic amines is 1. The van der Waals surface area contributed by atoms with Gasteiger partial charge >= 0.3 is 5.97 Å². The maximum Gasteiger partial charge on any atom is 0.331 e. The molecule has 0 aliphatic carbocycles. The molecule has 1 atom stereocenters. The van der Waals surface area contributed by atoms with Gasteiger partial charge in [-0.2, -0.15) is 5.10 Å². The van der Waals surface area contributed by atoms with Crippen molar-refractivity contribution in [2.24, 2.45) is 5.92 Å². The van der Waals surface area contributed by atoms with E-state index in [0.717, 1.165) is 0 Å². The lowest BCUT2D eigenvalue weighted by molar-refractivity contribution is -0.139. The topological polar surface area (TPSA) is 121 Å². The monoisotopic (exact) mass is 320 g/mol. The van der Waals surface area contributed by atoms with Gasteiger partial charge < -0.3 is 14.9 Å². The van der Waals surface area contributed by atoms with Crippen molar-refractivity contribution in [1.82, 2.24) is 20.7 Å². The highest BCUT2D eigenvalue weighted by molar-refractivity contribution is 5.94. The molecule has 1 amide bonds. The Kier molecular flexibility index (Phi) is 4.83. The molecule has 8 nitrogen and oxygen atoms in total. The van der Waals surface area contributed by atoms with Crippen molar-refractivity contribution in [1.29, 1.82) is 0 Å². The van der Waals surface area contributed by atoms with Crippen molar-refractivity contribution in [3.05, 3.63) is 34.5 Å². The van der Waals surface area contributed by atoms with E-state index in [1.165, 1.54) is 6.07 Å². The average Bonchev–Trinajstić information content (AvgIpc) is 3.03. The molecule has 0 aliphatic heterocycles. The number of carboxylic acids is 1. The van der Waals surface area contributed by atoms with Crippen LogP contribution in [-0.4, -0.2) is 32.3 Å². The number of aryl methyl sites for hydroxylation is 2. The zero-order valence-electron chi connectivity index (χ0n) is 13.5. The third kappa shape index (κ3) is 3.77. The predicted octanol–water partition coefficient (Wildman–Crippen LogP) is 1.77. The summed E-state index contributed by atoms with van der Waals surface area (Å²) in [5.41, 5.74) is 2.21. The van der Waals surface area contributed by atoms with Gasteiger partial charge in [0.2, 0.25) is 5.76 Å². The van der Waals surface area contributed by atoms with Gasteiger partial charge in [0.05, 0.1) is 11.4 Å². The van der Waals surface area contributed by atoms with Gasteiger partial charge in [-0.3, -0.25) is 9.89 Å². The molecule has 0 saturated heterocycles. The molecule has 124 valence electrons. The number of aromatic nitrogens is 3. The van der Waals surface area contributed by atoms with E-state index in [1.54, 1.807) is 13.8 Å². The van der Waals surface area contributed by atoms with Crippen molar-refractivity contribution in [2.75, 3.05) is 0 Å². The number of nitrogens with zero attached hydrogens (tertiary/aromatic N) is 2. The van der Waals surface area contributed by atoms with Crippen LogP contribution < -0.4 is 5.32 Å². The number of hydrogen-bond acceptors (Lipinski definition) is 5. The first-order valence-corrected chi connectivity index (χ1v) is 7.30. The SMILES string of the molecule is Cc1n[nH]c(C)c1C(NC(=O)c1cc(CC(C)C)no1)C(=O)O. The molecule has 8 heteroatoms. The summed E-state index contributed by atoms with van der Waals surface area (Å²) in [6, 6.07) is 0.323. The summed E-state index contributed by atoms with van der Waals surface area (Å²) in [7, 11) is 0. The molecule has 0 bridgehead atoms. The number of nitrogens with one attached hydrogen (secondary N) is 2. The Bertz CT molecular complexity index is 697. The van der Waals surface area contributed by atoms with E-state index in [2.05, 4.69) is 20.7 Å². The Hall–Kier alpha value is -2.64. The smallest absolute Gasteiger partial charge is 0.331 e. The van der Waals surface area contributed by atoms with Crippen LogP contribution in [0.5, 0.6) is 0 Å². The molecule has 0 spiro atoms. The number of amides is 1. The zero-order chi connectivity index (χ0) is 17.1. The highest BCUT2D eigenvalue weighted by Gasteiger charge is 2.28. The Morgan fingerprint density at radius 3 is 2.61 bits per heavy atom. The molecule has 0 aromatic carbocycles. The highest BCUT2D eigenvalue weighted by Crippen LogP contribution is 2.20. The number of rotatable bonds is 6. The van der Waals surface area contributed by atoms with Gasteiger partial charge in [0.25, 0.3) is 5.91 Å². The number of aliphatic carboxylic acids is 1. The fourth-order valence-corrected chi connectivity index (χ4v) is 2.38. The van der Waals surface area contributed by atoms with E-state index in [9.17, 15) is 14.7 Å². The van der Waals surface area contributed by atoms with Gasteiger partial charge in [-0.15, -0.1) is 0 Å². The van der Waals surface area contributed by atoms with Crippen LogP contribution in [-0.2, 0) is 11.2 Å². The lowest BCUT2D eigenvalue weighted by atomic mass is 10.0. The first-order chi connectivity index (χ1) is 10.8. The highest BCUT2D eigenvalue weighted by atomic mass is 16.5. The summed E-state index contributed by atoms with van der Waals surface area (Å²) in [5.74, 6) is -1.43. The Morgan fingerprint density at radius 1 is 1.39 bits per heavy atom. The average molecular weight is 320 g/mol. The molecule has 2 aromatic rings. The van der Waals surface area contributed by atoms with E-state index in [-0.39, 0.29) is 5.76 Å².